The van der Waals surface area contributed by atoms with E-state index in [4.69, 9.17) is 5.73 Å². The van der Waals surface area contributed by atoms with Crippen molar-refractivity contribution in [1.82, 2.24) is 4.90 Å². The molecule has 2 atom stereocenters. The van der Waals surface area contributed by atoms with Gasteiger partial charge in [-0.05, 0) is 12.0 Å². The molecule has 94 valence electrons. The number of benzene rings is 1. The summed E-state index contributed by atoms with van der Waals surface area (Å²) in [4.78, 5) is 2.51. The third-order valence-corrected chi connectivity index (χ3v) is 3.89. The molecule has 2 heteroatoms. The third kappa shape index (κ3) is 2.26. The maximum absolute atomic E-state index is 5.94. The van der Waals surface area contributed by atoms with Crippen molar-refractivity contribution in [3.05, 3.63) is 60.2 Å². The first-order chi connectivity index (χ1) is 8.84. The molecule has 1 fully saturated rings. The van der Waals surface area contributed by atoms with Gasteiger partial charge >= 0.3 is 0 Å². The Labute approximate surface area is 109 Å². The minimum absolute atomic E-state index is 0.360. The number of allylic oxidation sites excluding steroid dienone is 3. The molecule has 2 N–H and O–H groups in total. The van der Waals surface area contributed by atoms with Gasteiger partial charge < -0.3 is 5.73 Å². The van der Waals surface area contributed by atoms with E-state index in [-0.39, 0.29) is 0 Å². The van der Waals surface area contributed by atoms with E-state index in [2.05, 4.69) is 59.5 Å². The lowest BCUT2D eigenvalue weighted by molar-refractivity contribution is 0.0701. The average molecular weight is 240 g/mol. The number of rotatable bonds is 3. The number of likely N-dealkylation sites (tertiary alicyclic amines) is 1. The molecule has 1 heterocycles. The highest BCUT2D eigenvalue weighted by Crippen LogP contribution is 2.35. The van der Waals surface area contributed by atoms with Crippen molar-refractivity contribution in [1.29, 1.82) is 0 Å². The van der Waals surface area contributed by atoms with Crippen LogP contribution in [0.25, 0.3) is 0 Å². The molecule has 0 aromatic heterocycles. The molecule has 1 aliphatic carbocycles. The number of hydrogen-bond acceptors (Lipinski definition) is 2. The lowest BCUT2D eigenvalue weighted by Gasteiger charge is -2.45. The van der Waals surface area contributed by atoms with Gasteiger partial charge in [-0.2, -0.15) is 0 Å². The zero-order valence-electron chi connectivity index (χ0n) is 10.6. The van der Waals surface area contributed by atoms with Gasteiger partial charge in [-0.15, -0.1) is 0 Å². The molecule has 0 radical (unpaired) electrons. The minimum atomic E-state index is 0.360. The summed E-state index contributed by atoms with van der Waals surface area (Å²) in [6.07, 6.45) is 10.0. The summed E-state index contributed by atoms with van der Waals surface area (Å²) >= 11 is 0. The lowest BCUT2D eigenvalue weighted by atomic mass is 9.85. The highest BCUT2D eigenvalue weighted by molar-refractivity contribution is 5.25. The zero-order chi connectivity index (χ0) is 12.4. The summed E-state index contributed by atoms with van der Waals surface area (Å²) in [5, 5.41) is 0. The molecule has 3 rings (SSSR count). The molecule has 1 saturated heterocycles. The van der Waals surface area contributed by atoms with Gasteiger partial charge in [0.2, 0.25) is 0 Å². The maximum atomic E-state index is 5.94. The van der Waals surface area contributed by atoms with Crippen molar-refractivity contribution >= 4 is 0 Å². The van der Waals surface area contributed by atoms with E-state index < -0.39 is 0 Å². The molecule has 1 aromatic carbocycles. The molecule has 2 nitrogen and oxygen atoms in total. The molecule has 0 spiro atoms. The van der Waals surface area contributed by atoms with Crippen molar-refractivity contribution in [2.24, 2.45) is 11.7 Å². The van der Waals surface area contributed by atoms with Gasteiger partial charge in [0.25, 0.3) is 0 Å². The second-order valence-corrected chi connectivity index (χ2v) is 5.28. The van der Waals surface area contributed by atoms with E-state index in [1.54, 1.807) is 0 Å². The van der Waals surface area contributed by atoms with Crippen LogP contribution >= 0.6 is 0 Å². The first kappa shape index (κ1) is 11.7. The smallest absolute Gasteiger partial charge is 0.0415 e. The van der Waals surface area contributed by atoms with Gasteiger partial charge in [0.15, 0.2) is 0 Å². The van der Waals surface area contributed by atoms with Gasteiger partial charge in [0.1, 0.15) is 0 Å². The summed E-state index contributed by atoms with van der Waals surface area (Å²) in [5.74, 6) is 0.574. The summed E-state index contributed by atoms with van der Waals surface area (Å²) in [6, 6.07) is 11.7. The Morgan fingerprint density at radius 2 is 1.89 bits per heavy atom. The highest BCUT2D eigenvalue weighted by atomic mass is 15.2. The SMILES string of the molecule is NC1CN(C(c2ccccc2)C2C=CC=CC2)C1. The van der Waals surface area contributed by atoms with Gasteiger partial charge in [-0.1, -0.05) is 54.6 Å². The predicted octanol–water partition coefficient (Wildman–Crippen LogP) is 2.50. The first-order valence-electron chi connectivity index (χ1n) is 6.72. The molecule has 0 bridgehead atoms. The minimum Gasteiger partial charge on any atom is -0.325 e. The molecular formula is C16H20N2. The zero-order valence-corrected chi connectivity index (χ0v) is 10.6. The van der Waals surface area contributed by atoms with E-state index >= 15 is 0 Å². The van der Waals surface area contributed by atoms with Crippen molar-refractivity contribution in [2.75, 3.05) is 13.1 Å². The topological polar surface area (TPSA) is 29.3 Å². The normalized spacial score (nSPS) is 25.9. The van der Waals surface area contributed by atoms with Crippen molar-refractivity contribution in [3.63, 3.8) is 0 Å². The van der Waals surface area contributed by atoms with Crippen LogP contribution < -0.4 is 5.73 Å². The Hall–Kier alpha value is -1.38. The van der Waals surface area contributed by atoms with Crippen LogP contribution in [0.2, 0.25) is 0 Å². The van der Waals surface area contributed by atoms with Crippen molar-refractivity contribution < 1.29 is 0 Å². The van der Waals surface area contributed by atoms with Gasteiger partial charge in [-0.3, -0.25) is 4.90 Å². The molecule has 0 saturated carbocycles. The van der Waals surface area contributed by atoms with Crippen LogP contribution in [0.15, 0.2) is 54.6 Å². The molecule has 0 amide bonds. The Morgan fingerprint density at radius 3 is 2.50 bits per heavy atom. The average Bonchev–Trinajstić information content (AvgIpc) is 2.40. The Balaban J connectivity index is 1.84. The fourth-order valence-corrected chi connectivity index (χ4v) is 2.99. The van der Waals surface area contributed by atoms with Crippen LogP contribution in [-0.2, 0) is 0 Å². The van der Waals surface area contributed by atoms with Crippen molar-refractivity contribution in [3.8, 4) is 0 Å². The number of hydrogen-bond donors (Lipinski definition) is 1. The van der Waals surface area contributed by atoms with E-state index in [0.29, 0.717) is 18.0 Å². The predicted molar refractivity (Wildman–Crippen MR) is 75.1 cm³/mol. The monoisotopic (exact) mass is 240 g/mol. The van der Waals surface area contributed by atoms with Crippen molar-refractivity contribution in [2.45, 2.75) is 18.5 Å². The Morgan fingerprint density at radius 1 is 1.11 bits per heavy atom. The number of nitrogens with two attached hydrogens (primary N) is 1. The second-order valence-electron chi connectivity index (χ2n) is 5.28. The largest absolute Gasteiger partial charge is 0.325 e. The summed E-state index contributed by atoms with van der Waals surface area (Å²) in [7, 11) is 0. The maximum Gasteiger partial charge on any atom is 0.0415 e. The first-order valence-corrected chi connectivity index (χ1v) is 6.72. The van der Waals surface area contributed by atoms with E-state index in [1.807, 2.05) is 0 Å². The highest BCUT2D eigenvalue weighted by Gasteiger charge is 2.34. The van der Waals surface area contributed by atoms with E-state index in [9.17, 15) is 0 Å². The quantitative estimate of drug-likeness (QED) is 0.879. The second kappa shape index (κ2) is 5.09. The Kier molecular flexibility index (Phi) is 3.31. The van der Waals surface area contributed by atoms with Gasteiger partial charge in [-0.25, -0.2) is 0 Å². The van der Waals surface area contributed by atoms with Crippen LogP contribution in [0.5, 0.6) is 0 Å². The van der Waals surface area contributed by atoms with Crippen LogP contribution in [-0.4, -0.2) is 24.0 Å². The summed E-state index contributed by atoms with van der Waals surface area (Å²) in [5.41, 5.74) is 7.35. The molecule has 2 unspecified atom stereocenters. The third-order valence-electron chi connectivity index (χ3n) is 3.89. The molecular weight excluding hydrogens is 220 g/mol. The van der Waals surface area contributed by atoms with Gasteiger partial charge in [0, 0.05) is 31.1 Å². The lowest BCUT2D eigenvalue weighted by Crippen LogP contribution is -2.57. The molecule has 1 aliphatic heterocycles. The van der Waals surface area contributed by atoms with E-state index in [0.717, 1.165) is 19.5 Å². The molecule has 2 aliphatic rings. The molecule has 1 aromatic rings. The van der Waals surface area contributed by atoms with Crippen LogP contribution in [0.3, 0.4) is 0 Å². The van der Waals surface area contributed by atoms with Crippen LogP contribution in [0.1, 0.15) is 18.0 Å². The Bertz CT molecular complexity index is 443. The summed E-state index contributed by atoms with van der Waals surface area (Å²) < 4.78 is 0. The molecule has 18 heavy (non-hydrogen) atoms. The van der Waals surface area contributed by atoms with Crippen LogP contribution in [0.4, 0.5) is 0 Å². The fraction of sp³-hybridized carbons (Fsp3) is 0.375. The summed E-state index contributed by atoms with van der Waals surface area (Å²) in [6.45, 7) is 2.04. The fourth-order valence-electron chi connectivity index (χ4n) is 2.99. The van der Waals surface area contributed by atoms with Gasteiger partial charge in [0.05, 0.1) is 0 Å². The standard InChI is InChI=1S/C16H20N2/c17-15-11-18(12-15)16(13-7-3-1-4-8-13)14-9-5-2-6-10-14/h1-9,14-16H,10-12,17H2. The van der Waals surface area contributed by atoms with E-state index in [1.165, 1.54) is 5.56 Å². The van der Waals surface area contributed by atoms with Crippen LogP contribution in [0, 0.1) is 5.92 Å². The number of nitrogens with zero attached hydrogens (tertiary/aromatic N) is 1.